The van der Waals surface area contributed by atoms with Gasteiger partial charge in [0.2, 0.25) is 0 Å². The van der Waals surface area contributed by atoms with Crippen molar-refractivity contribution in [2.75, 3.05) is 4.90 Å². The molecule has 0 spiro atoms. The van der Waals surface area contributed by atoms with Crippen molar-refractivity contribution in [2.24, 2.45) is 0 Å². The minimum absolute atomic E-state index is 0.899. The van der Waals surface area contributed by atoms with Crippen molar-refractivity contribution in [2.45, 2.75) is 0 Å². The average Bonchev–Trinajstić information content (AvgIpc) is 3.64. The molecule has 0 saturated heterocycles. The van der Waals surface area contributed by atoms with Crippen LogP contribution in [0.1, 0.15) is 0 Å². The molecule has 0 aliphatic heterocycles. The Morgan fingerprint density at radius 2 is 1.16 bits per heavy atom. The maximum Gasteiger partial charge on any atom is 0.160 e. The maximum absolute atomic E-state index is 6.83. The first-order valence-corrected chi connectivity index (χ1v) is 15.3. The smallest absolute Gasteiger partial charge is 0.160 e. The first-order valence-electron chi connectivity index (χ1n) is 14.5. The molecule has 0 N–H and O–H groups in total. The van der Waals surface area contributed by atoms with Gasteiger partial charge >= 0.3 is 0 Å². The first kappa shape index (κ1) is 24.2. The molecule has 9 rings (SSSR count). The number of para-hydroxylation sites is 2. The van der Waals surface area contributed by atoms with E-state index in [2.05, 4.69) is 157 Å². The Labute approximate surface area is 252 Å². The molecule has 2 heterocycles. The molecule has 0 fully saturated rings. The molecule has 2 nitrogen and oxygen atoms in total. The van der Waals surface area contributed by atoms with Crippen molar-refractivity contribution in [1.82, 2.24) is 0 Å². The van der Waals surface area contributed by atoms with Gasteiger partial charge in [-0.25, -0.2) is 0 Å². The van der Waals surface area contributed by atoms with E-state index in [9.17, 15) is 0 Å². The van der Waals surface area contributed by atoms with Crippen molar-refractivity contribution in [1.29, 1.82) is 0 Å². The summed E-state index contributed by atoms with van der Waals surface area (Å²) in [6.45, 7) is 0. The molecule has 0 unspecified atom stereocenters. The van der Waals surface area contributed by atoms with E-state index in [0.717, 1.165) is 39.2 Å². The number of hydrogen-bond acceptors (Lipinski definition) is 3. The Balaban J connectivity index is 1.48. The minimum Gasteiger partial charge on any atom is -0.454 e. The lowest BCUT2D eigenvalue weighted by Crippen LogP contribution is -2.12. The van der Waals surface area contributed by atoms with Gasteiger partial charge in [-0.15, -0.1) is 11.3 Å². The van der Waals surface area contributed by atoms with Gasteiger partial charge in [0.25, 0.3) is 0 Å². The van der Waals surface area contributed by atoms with E-state index in [4.69, 9.17) is 4.42 Å². The number of nitrogens with zero attached hydrogens (tertiary/aromatic N) is 1. The lowest BCUT2D eigenvalue weighted by atomic mass is 9.99. The predicted octanol–water partition coefficient (Wildman–Crippen LogP) is 12.2. The van der Waals surface area contributed by atoms with Gasteiger partial charge in [-0.1, -0.05) is 121 Å². The van der Waals surface area contributed by atoms with Crippen LogP contribution in [0, 0.1) is 0 Å². The number of anilines is 3. The molecule has 202 valence electrons. The van der Waals surface area contributed by atoms with E-state index in [1.807, 2.05) is 11.3 Å². The molecule has 0 aliphatic carbocycles. The fourth-order valence-corrected chi connectivity index (χ4v) is 7.78. The number of rotatable bonds is 4. The lowest BCUT2D eigenvalue weighted by molar-refractivity contribution is 0.669. The summed E-state index contributed by atoms with van der Waals surface area (Å²) in [5.74, 6) is 0. The summed E-state index contributed by atoms with van der Waals surface area (Å²) in [6.07, 6.45) is 0. The monoisotopic (exact) mass is 567 g/mol. The van der Waals surface area contributed by atoms with Crippen LogP contribution in [0.5, 0.6) is 0 Å². The van der Waals surface area contributed by atoms with Gasteiger partial charge in [-0.3, -0.25) is 0 Å². The highest BCUT2D eigenvalue weighted by molar-refractivity contribution is 7.26. The Kier molecular flexibility index (Phi) is 5.40. The van der Waals surface area contributed by atoms with Crippen LogP contribution >= 0.6 is 11.3 Å². The number of thiophene rings is 1. The quantitative estimate of drug-likeness (QED) is 0.210. The standard InChI is InChI=1S/C40H25NOS/c1-2-13-26(14-3-1)28-18-6-9-21-33(28)41(34-22-12-16-27-15-4-5-17-29(27)34)35-25-32-30-19-8-11-24-37(30)43-40(32)38-31-20-7-10-23-36(31)42-39(35)38/h1-25H. The van der Waals surface area contributed by atoms with Crippen molar-refractivity contribution in [3.05, 3.63) is 152 Å². The van der Waals surface area contributed by atoms with Crippen LogP contribution in [0.25, 0.3) is 64.0 Å². The third-order valence-electron chi connectivity index (χ3n) is 8.45. The number of fused-ring (bicyclic) bond motifs is 8. The third-order valence-corrected chi connectivity index (χ3v) is 9.65. The van der Waals surface area contributed by atoms with Gasteiger partial charge in [0.15, 0.2) is 5.58 Å². The highest BCUT2D eigenvalue weighted by atomic mass is 32.1. The predicted molar refractivity (Wildman–Crippen MR) is 184 cm³/mol. The Bertz CT molecular complexity index is 2460. The van der Waals surface area contributed by atoms with Crippen molar-refractivity contribution in [3.8, 4) is 11.1 Å². The molecule has 0 aliphatic rings. The van der Waals surface area contributed by atoms with Gasteiger partial charge in [0.1, 0.15) is 5.58 Å². The van der Waals surface area contributed by atoms with Crippen LogP contribution in [0.2, 0.25) is 0 Å². The van der Waals surface area contributed by atoms with Crippen molar-refractivity contribution in [3.63, 3.8) is 0 Å². The van der Waals surface area contributed by atoms with E-state index in [1.54, 1.807) is 0 Å². The number of furan rings is 1. The molecule has 7 aromatic carbocycles. The van der Waals surface area contributed by atoms with Crippen LogP contribution in [0.4, 0.5) is 17.1 Å². The molecule has 9 aromatic rings. The highest BCUT2D eigenvalue weighted by Crippen LogP contribution is 2.51. The summed E-state index contributed by atoms with van der Waals surface area (Å²) in [6, 6.07) is 54.1. The van der Waals surface area contributed by atoms with E-state index in [1.165, 1.54) is 41.9 Å². The molecular weight excluding hydrogens is 543 g/mol. The summed E-state index contributed by atoms with van der Waals surface area (Å²) in [5, 5.41) is 7.22. The summed E-state index contributed by atoms with van der Waals surface area (Å²) in [7, 11) is 0. The van der Waals surface area contributed by atoms with Gasteiger partial charge in [-0.05, 0) is 41.3 Å². The zero-order chi connectivity index (χ0) is 28.3. The van der Waals surface area contributed by atoms with E-state index < -0.39 is 0 Å². The minimum atomic E-state index is 0.899. The second-order valence-electron chi connectivity index (χ2n) is 10.9. The lowest BCUT2D eigenvalue weighted by Gasteiger charge is -2.29. The van der Waals surface area contributed by atoms with Gasteiger partial charge in [0, 0.05) is 41.9 Å². The topological polar surface area (TPSA) is 16.4 Å². The summed E-state index contributed by atoms with van der Waals surface area (Å²) >= 11 is 1.85. The van der Waals surface area contributed by atoms with Gasteiger partial charge < -0.3 is 9.32 Å². The molecule has 0 atom stereocenters. The summed E-state index contributed by atoms with van der Waals surface area (Å²) < 4.78 is 9.38. The molecule has 43 heavy (non-hydrogen) atoms. The van der Waals surface area contributed by atoms with Crippen LogP contribution in [0.3, 0.4) is 0 Å². The van der Waals surface area contributed by atoms with Crippen LogP contribution < -0.4 is 4.90 Å². The second-order valence-corrected chi connectivity index (χ2v) is 11.9. The third kappa shape index (κ3) is 3.72. The Hall–Kier alpha value is -5.38. The molecule has 3 heteroatoms. The SMILES string of the molecule is c1ccc(-c2ccccc2N(c2cccc3ccccc23)c2cc3c4ccccc4sc3c3c2oc2ccccc23)cc1. The Morgan fingerprint density at radius 3 is 2.07 bits per heavy atom. The largest absolute Gasteiger partial charge is 0.454 e. The zero-order valence-corrected chi connectivity index (χ0v) is 24.0. The zero-order valence-electron chi connectivity index (χ0n) is 23.2. The molecule has 0 radical (unpaired) electrons. The molecule has 0 saturated carbocycles. The first-order chi connectivity index (χ1) is 21.3. The molecule has 2 aromatic heterocycles. The maximum atomic E-state index is 6.83. The normalized spacial score (nSPS) is 11.7. The molecular formula is C40H25NOS. The van der Waals surface area contributed by atoms with E-state index in [-0.39, 0.29) is 0 Å². The fourth-order valence-electron chi connectivity index (χ4n) is 6.54. The van der Waals surface area contributed by atoms with E-state index >= 15 is 0 Å². The summed E-state index contributed by atoms with van der Waals surface area (Å²) in [4.78, 5) is 2.42. The fraction of sp³-hybridized carbons (Fsp3) is 0. The number of benzene rings is 7. The average molecular weight is 568 g/mol. The van der Waals surface area contributed by atoms with E-state index in [0.29, 0.717) is 0 Å². The molecule has 0 bridgehead atoms. The van der Waals surface area contributed by atoms with Crippen LogP contribution in [-0.2, 0) is 0 Å². The van der Waals surface area contributed by atoms with Crippen molar-refractivity contribution >= 4 is 81.3 Å². The number of hydrogen-bond donors (Lipinski definition) is 0. The second kappa shape index (κ2) is 9.59. The highest BCUT2D eigenvalue weighted by Gasteiger charge is 2.26. The van der Waals surface area contributed by atoms with Gasteiger partial charge in [0.05, 0.1) is 17.1 Å². The van der Waals surface area contributed by atoms with Crippen LogP contribution in [0.15, 0.2) is 156 Å². The molecule has 0 amide bonds. The van der Waals surface area contributed by atoms with Crippen molar-refractivity contribution < 1.29 is 4.42 Å². The Morgan fingerprint density at radius 1 is 0.488 bits per heavy atom. The van der Waals surface area contributed by atoms with Gasteiger partial charge in [-0.2, -0.15) is 0 Å². The van der Waals surface area contributed by atoms with Crippen LogP contribution in [-0.4, -0.2) is 0 Å². The summed E-state index contributed by atoms with van der Waals surface area (Å²) in [5.41, 5.74) is 7.38.